The second-order valence-corrected chi connectivity index (χ2v) is 6.83. The SMILES string of the molecule is COc1cc(/C=C/C(=O)Nc2ccc3c(c2)OCO3)ccc1OCCC(C)C. The van der Waals surface area contributed by atoms with Gasteiger partial charge < -0.3 is 24.3 Å². The van der Waals surface area contributed by atoms with Crippen molar-refractivity contribution in [3.63, 3.8) is 0 Å². The molecule has 6 heteroatoms. The normalized spacial score (nSPS) is 12.4. The summed E-state index contributed by atoms with van der Waals surface area (Å²) >= 11 is 0. The van der Waals surface area contributed by atoms with E-state index in [2.05, 4.69) is 19.2 Å². The first kappa shape index (κ1) is 19.6. The Morgan fingerprint density at radius 1 is 1.14 bits per heavy atom. The molecule has 0 unspecified atom stereocenters. The van der Waals surface area contributed by atoms with E-state index < -0.39 is 0 Å². The van der Waals surface area contributed by atoms with Crippen LogP contribution in [0.1, 0.15) is 25.8 Å². The molecule has 0 saturated carbocycles. The number of benzene rings is 2. The third kappa shape index (κ3) is 5.19. The van der Waals surface area contributed by atoms with Gasteiger partial charge in [0.2, 0.25) is 12.7 Å². The van der Waals surface area contributed by atoms with Crippen LogP contribution >= 0.6 is 0 Å². The summed E-state index contributed by atoms with van der Waals surface area (Å²) in [6, 6.07) is 10.9. The first-order valence-corrected chi connectivity index (χ1v) is 9.24. The van der Waals surface area contributed by atoms with Crippen molar-refractivity contribution in [1.82, 2.24) is 0 Å². The van der Waals surface area contributed by atoms with E-state index in [1.165, 1.54) is 6.08 Å². The highest BCUT2D eigenvalue weighted by molar-refractivity contribution is 6.02. The average Bonchev–Trinajstić information content (AvgIpc) is 3.14. The van der Waals surface area contributed by atoms with Crippen LogP contribution in [-0.2, 0) is 4.79 Å². The molecular weight excluding hydrogens is 358 g/mol. The van der Waals surface area contributed by atoms with E-state index in [-0.39, 0.29) is 12.7 Å². The Hall–Kier alpha value is -3.15. The zero-order valence-corrected chi connectivity index (χ0v) is 16.4. The van der Waals surface area contributed by atoms with E-state index >= 15 is 0 Å². The Bertz CT molecular complexity index is 860. The fourth-order valence-corrected chi connectivity index (χ4v) is 2.64. The molecule has 0 atom stereocenters. The third-order valence-corrected chi connectivity index (χ3v) is 4.21. The van der Waals surface area contributed by atoms with E-state index in [0.717, 1.165) is 12.0 Å². The van der Waals surface area contributed by atoms with Gasteiger partial charge in [-0.25, -0.2) is 0 Å². The number of amides is 1. The van der Waals surface area contributed by atoms with Gasteiger partial charge in [0, 0.05) is 17.8 Å². The number of carbonyl (C=O) groups excluding carboxylic acids is 1. The van der Waals surface area contributed by atoms with Gasteiger partial charge in [-0.05, 0) is 48.2 Å². The number of hydrogen-bond acceptors (Lipinski definition) is 5. The third-order valence-electron chi connectivity index (χ3n) is 4.21. The minimum atomic E-state index is -0.241. The number of rotatable bonds is 8. The molecule has 0 saturated heterocycles. The van der Waals surface area contributed by atoms with Crippen molar-refractivity contribution in [3.05, 3.63) is 48.0 Å². The molecule has 1 amide bonds. The molecule has 3 rings (SSSR count). The standard InChI is InChI=1S/C22H25NO5/c1-15(2)10-11-26-18-7-4-16(12-20(18)25-3)5-9-22(24)23-17-6-8-19-21(13-17)28-14-27-19/h4-9,12-13,15H,10-11,14H2,1-3H3,(H,23,24)/b9-5+. The van der Waals surface area contributed by atoms with Crippen LogP contribution in [0.2, 0.25) is 0 Å². The molecule has 0 aromatic heterocycles. The van der Waals surface area contributed by atoms with Crippen LogP contribution < -0.4 is 24.3 Å². The van der Waals surface area contributed by atoms with Gasteiger partial charge in [-0.15, -0.1) is 0 Å². The van der Waals surface area contributed by atoms with E-state index in [4.69, 9.17) is 18.9 Å². The van der Waals surface area contributed by atoms with E-state index in [1.807, 2.05) is 18.2 Å². The lowest BCUT2D eigenvalue weighted by Gasteiger charge is -2.12. The summed E-state index contributed by atoms with van der Waals surface area (Å²) in [5, 5.41) is 2.80. The Morgan fingerprint density at radius 2 is 1.96 bits per heavy atom. The molecule has 0 aliphatic carbocycles. The summed E-state index contributed by atoms with van der Waals surface area (Å²) in [5.74, 6) is 2.98. The first-order chi connectivity index (χ1) is 13.5. The van der Waals surface area contributed by atoms with Crippen LogP contribution in [-0.4, -0.2) is 26.4 Å². The highest BCUT2D eigenvalue weighted by Crippen LogP contribution is 2.34. The summed E-state index contributed by atoms with van der Waals surface area (Å²) in [6.07, 6.45) is 4.17. The Labute approximate surface area is 165 Å². The van der Waals surface area contributed by atoms with E-state index in [1.54, 1.807) is 31.4 Å². The second kappa shape index (κ2) is 9.17. The summed E-state index contributed by atoms with van der Waals surface area (Å²) in [7, 11) is 1.60. The van der Waals surface area contributed by atoms with Gasteiger partial charge in [0.15, 0.2) is 23.0 Å². The van der Waals surface area contributed by atoms with Crippen molar-refractivity contribution < 1.29 is 23.7 Å². The van der Waals surface area contributed by atoms with Crippen LogP contribution in [0.25, 0.3) is 6.08 Å². The van der Waals surface area contributed by atoms with E-state index in [9.17, 15) is 4.79 Å². The molecule has 2 aromatic rings. The van der Waals surface area contributed by atoms with Crippen molar-refractivity contribution in [2.24, 2.45) is 5.92 Å². The first-order valence-electron chi connectivity index (χ1n) is 9.24. The lowest BCUT2D eigenvalue weighted by atomic mass is 10.1. The van der Waals surface area contributed by atoms with Crippen LogP contribution in [0.4, 0.5) is 5.69 Å². The molecule has 1 heterocycles. The zero-order chi connectivity index (χ0) is 19.9. The maximum atomic E-state index is 12.2. The summed E-state index contributed by atoms with van der Waals surface area (Å²) < 4.78 is 21.8. The van der Waals surface area contributed by atoms with Crippen molar-refractivity contribution in [1.29, 1.82) is 0 Å². The van der Waals surface area contributed by atoms with Gasteiger partial charge in [-0.1, -0.05) is 19.9 Å². The maximum absolute atomic E-state index is 12.2. The number of hydrogen-bond donors (Lipinski definition) is 1. The minimum Gasteiger partial charge on any atom is -0.493 e. The maximum Gasteiger partial charge on any atom is 0.248 e. The fourth-order valence-electron chi connectivity index (χ4n) is 2.64. The lowest BCUT2D eigenvalue weighted by Crippen LogP contribution is -2.07. The van der Waals surface area contributed by atoms with Crippen LogP contribution in [0, 0.1) is 5.92 Å². The van der Waals surface area contributed by atoms with Crippen molar-refractivity contribution in [2.45, 2.75) is 20.3 Å². The number of fused-ring (bicyclic) bond motifs is 1. The lowest BCUT2D eigenvalue weighted by molar-refractivity contribution is -0.111. The summed E-state index contributed by atoms with van der Waals surface area (Å²) in [5.41, 5.74) is 1.49. The predicted molar refractivity (Wildman–Crippen MR) is 108 cm³/mol. The largest absolute Gasteiger partial charge is 0.493 e. The second-order valence-electron chi connectivity index (χ2n) is 6.83. The van der Waals surface area contributed by atoms with Gasteiger partial charge in [-0.2, -0.15) is 0 Å². The molecule has 6 nitrogen and oxygen atoms in total. The molecular formula is C22H25NO5. The number of anilines is 1. The minimum absolute atomic E-state index is 0.200. The molecule has 2 aromatic carbocycles. The monoisotopic (exact) mass is 383 g/mol. The van der Waals surface area contributed by atoms with Crippen molar-refractivity contribution in [2.75, 3.05) is 25.8 Å². The molecule has 0 radical (unpaired) electrons. The molecule has 148 valence electrons. The molecule has 0 spiro atoms. The summed E-state index contributed by atoms with van der Waals surface area (Å²) in [6.45, 7) is 5.15. The molecule has 0 fully saturated rings. The van der Waals surface area contributed by atoms with E-state index in [0.29, 0.717) is 41.2 Å². The number of nitrogens with one attached hydrogen (secondary N) is 1. The molecule has 0 bridgehead atoms. The Kier molecular flexibility index (Phi) is 6.42. The zero-order valence-electron chi connectivity index (χ0n) is 16.4. The topological polar surface area (TPSA) is 66.0 Å². The van der Waals surface area contributed by atoms with Gasteiger partial charge >= 0.3 is 0 Å². The summed E-state index contributed by atoms with van der Waals surface area (Å²) in [4.78, 5) is 12.2. The molecule has 1 aliphatic heterocycles. The molecule has 28 heavy (non-hydrogen) atoms. The highest BCUT2D eigenvalue weighted by Gasteiger charge is 2.13. The van der Waals surface area contributed by atoms with Gasteiger partial charge in [0.1, 0.15) is 0 Å². The quantitative estimate of drug-likeness (QED) is 0.680. The molecule has 1 aliphatic rings. The van der Waals surface area contributed by atoms with Crippen molar-refractivity contribution >= 4 is 17.7 Å². The predicted octanol–water partition coefficient (Wildman–Crippen LogP) is 4.50. The Balaban J connectivity index is 1.60. The number of methoxy groups -OCH3 is 1. The van der Waals surface area contributed by atoms with Gasteiger partial charge in [0.25, 0.3) is 0 Å². The molecule has 1 N–H and O–H groups in total. The van der Waals surface area contributed by atoms with Gasteiger partial charge in [0.05, 0.1) is 13.7 Å². The van der Waals surface area contributed by atoms with Crippen LogP contribution in [0.3, 0.4) is 0 Å². The number of carbonyl (C=O) groups is 1. The number of ether oxygens (including phenoxy) is 4. The van der Waals surface area contributed by atoms with Crippen LogP contribution in [0.5, 0.6) is 23.0 Å². The fraction of sp³-hybridized carbons (Fsp3) is 0.318. The van der Waals surface area contributed by atoms with Gasteiger partial charge in [-0.3, -0.25) is 4.79 Å². The Morgan fingerprint density at radius 3 is 2.75 bits per heavy atom. The smallest absolute Gasteiger partial charge is 0.248 e. The van der Waals surface area contributed by atoms with Crippen molar-refractivity contribution in [3.8, 4) is 23.0 Å². The van der Waals surface area contributed by atoms with Crippen LogP contribution in [0.15, 0.2) is 42.5 Å². The average molecular weight is 383 g/mol. The highest BCUT2D eigenvalue weighted by atomic mass is 16.7.